The van der Waals surface area contributed by atoms with Crippen LogP contribution in [-0.2, 0) is 12.6 Å². The number of carbonyl (C=O) groups excluding carboxylic acids is 1. The van der Waals surface area contributed by atoms with E-state index in [2.05, 4.69) is 15.9 Å². The van der Waals surface area contributed by atoms with Gasteiger partial charge < -0.3 is 0 Å². The van der Waals surface area contributed by atoms with E-state index in [4.69, 9.17) is 0 Å². The lowest BCUT2D eigenvalue weighted by atomic mass is 10.0. The van der Waals surface area contributed by atoms with E-state index in [0.717, 1.165) is 0 Å². The largest absolute Gasteiger partial charge is 0.416 e. The average Bonchev–Trinajstić information content (AvgIpc) is 2.74. The molecule has 0 atom stereocenters. The first kappa shape index (κ1) is 15.2. The van der Waals surface area contributed by atoms with E-state index in [9.17, 15) is 22.4 Å². The molecule has 0 aliphatic heterocycles. The third kappa shape index (κ3) is 3.27. The lowest BCUT2D eigenvalue weighted by molar-refractivity contribution is -0.137. The molecule has 1 aromatic heterocycles. The predicted molar refractivity (Wildman–Crippen MR) is 71.5 cm³/mol. The Morgan fingerprint density at radius 1 is 1.25 bits per heavy atom. The van der Waals surface area contributed by atoms with Crippen molar-refractivity contribution in [2.75, 3.05) is 0 Å². The summed E-state index contributed by atoms with van der Waals surface area (Å²) in [5.41, 5.74) is -1.58. The fourth-order valence-electron chi connectivity index (χ4n) is 1.61. The maximum Gasteiger partial charge on any atom is 0.416 e. The van der Waals surface area contributed by atoms with Crippen molar-refractivity contribution in [1.82, 2.24) is 0 Å². The molecule has 1 nitrogen and oxygen atoms in total. The van der Waals surface area contributed by atoms with E-state index in [1.54, 1.807) is 11.4 Å². The van der Waals surface area contributed by atoms with Gasteiger partial charge in [0.2, 0.25) is 0 Å². The summed E-state index contributed by atoms with van der Waals surface area (Å²) in [4.78, 5) is 12.6. The van der Waals surface area contributed by atoms with Crippen LogP contribution in [0.2, 0.25) is 0 Å². The van der Waals surface area contributed by atoms with Crippen LogP contribution in [0.15, 0.2) is 34.1 Å². The molecule has 0 saturated heterocycles. The van der Waals surface area contributed by atoms with Gasteiger partial charge in [0.05, 0.1) is 11.1 Å². The van der Waals surface area contributed by atoms with Gasteiger partial charge in [-0.2, -0.15) is 13.2 Å². The van der Waals surface area contributed by atoms with Gasteiger partial charge in [0, 0.05) is 15.8 Å². The SMILES string of the molecule is O=C(Cc1sccc1Br)c1cc(C(F)(F)F)ccc1F. The zero-order chi connectivity index (χ0) is 14.9. The van der Waals surface area contributed by atoms with Crippen LogP contribution in [-0.4, -0.2) is 5.78 Å². The molecule has 7 heteroatoms. The highest BCUT2D eigenvalue weighted by Gasteiger charge is 2.31. The van der Waals surface area contributed by atoms with Crippen LogP contribution in [0.1, 0.15) is 20.8 Å². The lowest BCUT2D eigenvalue weighted by Gasteiger charge is -2.09. The Balaban J connectivity index is 2.32. The van der Waals surface area contributed by atoms with Crippen molar-refractivity contribution in [1.29, 1.82) is 0 Å². The van der Waals surface area contributed by atoms with Crippen molar-refractivity contribution in [2.24, 2.45) is 0 Å². The molecule has 0 unspecified atom stereocenters. The number of alkyl halides is 3. The first-order chi connectivity index (χ1) is 9.29. The van der Waals surface area contributed by atoms with E-state index in [0.29, 0.717) is 27.5 Å². The fourth-order valence-corrected chi connectivity index (χ4v) is 3.10. The summed E-state index contributed by atoms with van der Waals surface area (Å²) in [6.07, 6.45) is -4.75. The molecular formula is C13H7BrF4OS. The zero-order valence-corrected chi connectivity index (χ0v) is 12.2. The molecule has 0 aliphatic carbocycles. The first-order valence-electron chi connectivity index (χ1n) is 5.41. The fraction of sp³-hybridized carbons (Fsp3) is 0.154. The second kappa shape index (κ2) is 5.65. The van der Waals surface area contributed by atoms with Crippen LogP contribution in [0.25, 0.3) is 0 Å². The van der Waals surface area contributed by atoms with Gasteiger partial charge >= 0.3 is 6.18 Å². The first-order valence-corrected chi connectivity index (χ1v) is 7.08. The topological polar surface area (TPSA) is 17.1 Å². The van der Waals surface area contributed by atoms with Crippen LogP contribution in [0.3, 0.4) is 0 Å². The molecule has 2 aromatic rings. The van der Waals surface area contributed by atoms with Gasteiger partial charge in [0.1, 0.15) is 5.82 Å². The molecule has 0 N–H and O–H groups in total. The van der Waals surface area contributed by atoms with E-state index in [1.165, 1.54) is 11.3 Å². The third-order valence-electron chi connectivity index (χ3n) is 2.61. The van der Waals surface area contributed by atoms with E-state index in [1.807, 2.05) is 0 Å². The number of thiophene rings is 1. The van der Waals surface area contributed by atoms with Gasteiger partial charge in [0.25, 0.3) is 0 Å². The maximum atomic E-state index is 13.5. The van der Waals surface area contributed by atoms with Crippen LogP contribution in [0.4, 0.5) is 17.6 Å². The van der Waals surface area contributed by atoms with Gasteiger partial charge in [-0.15, -0.1) is 11.3 Å². The third-order valence-corrected chi connectivity index (χ3v) is 4.53. The van der Waals surface area contributed by atoms with Gasteiger partial charge in [-0.3, -0.25) is 4.79 Å². The molecule has 0 saturated carbocycles. The molecule has 1 heterocycles. The van der Waals surface area contributed by atoms with Crippen LogP contribution in [0, 0.1) is 5.82 Å². The zero-order valence-electron chi connectivity index (χ0n) is 9.80. The molecule has 0 bridgehead atoms. The molecule has 20 heavy (non-hydrogen) atoms. The van der Waals surface area contributed by atoms with Crippen LogP contribution < -0.4 is 0 Å². The summed E-state index contributed by atoms with van der Waals surface area (Å²) in [5.74, 6) is -1.63. The Kier molecular flexibility index (Phi) is 4.29. The van der Waals surface area contributed by atoms with Gasteiger partial charge in [0.15, 0.2) is 5.78 Å². The Morgan fingerprint density at radius 2 is 1.95 bits per heavy atom. The van der Waals surface area contributed by atoms with E-state index >= 15 is 0 Å². The summed E-state index contributed by atoms with van der Waals surface area (Å²) >= 11 is 4.49. The molecule has 0 fully saturated rings. The quantitative estimate of drug-likeness (QED) is 0.545. The molecule has 0 amide bonds. The van der Waals surface area contributed by atoms with Gasteiger partial charge in [-0.25, -0.2) is 4.39 Å². The highest BCUT2D eigenvalue weighted by molar-refractivity contribution is 9.10. The number of ketones is 1. The summed E-state index contributed by atoms with van der Waals surface area (Å²) in [6, 6.07) is 3.56. The Bertz CT molecular complexity index is 648. The number of Topliss-reactive ketones (excluding diaryl/α,β-unsaturated/α-hetero) is 1. The molecule has 0 radical (unpaired) electrons. The van der Waals surface area contributed by atoms with Crippen LogP contribution >= 0.6 is 27.3 Å². The molecule has 106 valence electrons. The minimum atomic E-state index is -4.60. The maximum absolute atomic E-state index is 13.5. The van der Waals surface area contributed by atoms with E-state index < -0.39 is 28.9 Å². The molecule has 1 aromatic carbocycles. The summed E-state index contributed by atoms with van der Waals surface area (Å²) < 4.78 is 51.9. The van der Waals surface area contributed by atoms with Crippen molar-refractivity contribution < 1.29 is 22.4 Å². The van der Waals surface area contributed by atoms with Gasteiger partial charge in [-0.05, 0) is 45.6 Å². The Hall–Kier alpha value is -1.21. The number of hydrogen-bond donors (Lipinski definition) is 0. The Morgan fingerprint density at radius 3 is 2.50 bits per heavy atom. The summed E-state index contributed by atoms with van der Waals surface area (Å²) in [5, 5.41) is 1.73. The number of rotatable bonds is 3. The summed E-state index contributed by atoms with van der Waals surface area (Å²) in [7, 11) is 0. The lowest BCUT2D eigenvalue weighted by Crippen LogP contribution is -2.10. The number of halogens is 5. The molecule has 0 aliphatic rings. The smallest absolute Gasteiger partial charge is 0.294 e. The predicted octanol–water partition coefficient (Wildman–Crippen LogP) is 5.09. The van der Waals surface area contributed by atoms with Crippen molar-refractivity contribution in [2.45, 2.75) is 12.6 Å². The highest BCUT2D eigenvalue weighted by atomic mass is 79.9. The second-order valence-corrected chi connectivity index (χ2v) is 5.84. The van der Waals surface area contributed by atoms with Crippen molar-refractivity contribution in [3.05, 3.63) is 55.9 Å². The standard InChI is InChI=1S/C13H7BrF4OS/c14-9-3-4-20-12(9)6-11(19)8-5-7(13(16,17)18)1-2-10(8)15/h1-5H,6H2. The molecular weight excluding hydrogens is 360 g/mol. The monoisotopic (exact) mass is 366 g/mol. The Labute approximate surface area is 124 Å². The minimum absolute atomic E-state index is 0.142. The van der Waals surface area contributed by atoms with Crippen molar-refractivity contribution in [3.8, 4) is 0 Å². The number of carbonyl (C=O) groups is 1. The summed E-state index contributed by atoms with van der Waals surface area (Å²) in [6.45, 7) is 0. The van der Waals surface area contributed by atoms with Crippen molar-refractivity contribution >= 4 is 33.0 Å². The molecule has 0 spiro atoms. The highest BCUT2D eigenvalue weighted by Crippen LogP contribution is 2.31. The molecule has 2 rings (SSSR count). The van der Waals surface area contributed by atoms with Gasteiger partial charge in [-0.1, -0.05) is 0 Å². The van der Waals surface area contributed by atoms with E-state index in [-0.39, 0.29) is 6.42 Å². The van der Waals surface area contributed by atoms with Crippen molar-refractivity contribution in [3.63, 3.8) is 0 Å². The number of benzene rings is 1. The second-order valence-electron chi connectivity index (χ2n) is 3.98. The average molecular weight is 367 g/mol. The number of hydrogen-bond acceptors (Lipinski definition) is 2. The normalized spacial score (nSPS) is 11.7. The minimum Gasteiger partial charge on any atom is -0.294 e. The van der Waals surface area contributed by atoms with Crippen LogP contribution in [0.5, 0.6) is 0 Å².